The lowest BCUT2D eigenvalue weighted by Gasteiger charge is -2.35. The summed E-state index contributed by atoms with van der Waals surface area (Å²) in [7, 11) is 0. The highest BCUT2D eigenvalue weighted by Gasteiger charge is 2.27. The number of amides is 1. The summed E-state index contributed by atoms with van der Waals surface area (Å²) in [6, 6.07) is 4.18. The molecule has 1 saturated heterocycles. The molecule has 0 bridgehead atoms. The largest absolute Gasteiger partial charge is 0.444 e. The van der Waals surface area contributed by atoms with Gasteiger partial charge in [0.1, 0.15) is 5.60 Å². The maximum atomic E-state index is 14.1. The summed E-state index contributed by atoms with van der Waals surface area (Å²) in [6.07, 6.45) is -0.358. The standard InChI is InChI=1S/C16H22FN3O4/c1-16(2,3)24-15(21)19-9-7-18(8-10-19)11-12-5-4-6-13(14(12)17)20(22)23/h4-6H,7-11H2,1-3H3. The van der Waals surface area contributed by atoms with Crippen LogP contribution in [0.1, 0.15) is 26.3 Å². The molecule has 24 heavy (non-hydrogen) atoms. The van der Waals surface area contributed by atoms with E-state index in [2.05, 4.69) is 0 Å². The van der Waals surface area contributed by atoms with E-state index in [1.165, 1.54) is 6.07 Å². The number of hydrogen-bond acceptors (Lipinski definition) is 5. The highest BCUT2D eigenvalue weighted by molar-refractivity contribution is 5.68. The minimum Gasteiger partial charge on any atom is -0.444 e. The van der Waals surface area contributed by atoms with Crippen LogP contribution in [0.5, 0.6) is 0 Å². The monoisotopic (exact) mass is 339 g/mol. The molecular weight excluding hydrogens is 317 g/mol. The summed E-state index contributed by atoms with van der Waals surface area (Å²) in [5.74, 6) is -0.794. The first-order valence-electron chi connectivity index (χ1n) is 7.79. The zero-order valence-corrected chi connectivity index (χ0v) is 14.1. The van der Waals surface area contributed by atoms with Gasteiger partial charge in [-0.25, -0.2) is 4.79 Å². The van der Waals surface area contributed by atoms with Gasteiger partial charge in [0.05, 0.1) is 4.92 Å². The van der Waals surface area contributed by atoms with E-state index in [1.54, 1.807) is 11.0 Å². The van der Waals surface area contributed by atoms with Crippen LogP contribution >= 0.6 is 0 Å². The zero-order valence-electron chi connectivity index (χ0n) is 14.1. The number of carbonyl (C=O) groups excluding carboxylic acids is 1. The second kappa shape index (κ2) is 7.12. The Morgan fingerprint density at radius 3 is 2.46 bits per heavy atom. The van der Waals surface area contributed by atoms with Crippen LogP contribution in [-0.2, 0) is 11.3 Å². The summed E-state index contributed by atoms with van der Waals surface area (Å²) >= 11 is 0. The molecule has 0 aliphatic carbocycles. The summed E-state index contributed by atoms with van der Waals surface area (Å²) < 4.78 is 19.4. The van der Waals surface area contributed by atoms with Crippen LogP contribution in [-0.4, -0.2) is 52.6 Å². The van der Waals surface area contributed by atoms with Crippen molar-refractivity contribution >= 4 is 11.8 Å². The van der Waals surface area contributed by atoms with Crippen molar-refractivity contribution in [2.75, 3.05) is 26.2 Å². The Kier molecular flexibility index (Phi) is 5.38. The number of nitro benzene ring substituents is 1. The lowest BCUT2D eigenvalue weighted by Crippen LogP contribution is -2.49. The van der Waals surface area contributed by atoms with Crippen molar-refractivity contribution in [2.24, 2.45) is 0 Å². The van der Waals surface area contributed by atoms with Gasteiger partial charge in [0.25, 0.3) is 0 Å². The highest BCUT2D eigenvalue weighted by Crippen LogP contribution is 2.22. The molecule has 0 spiro atoms. The molecule has 1 aliphatic rings. The fraction of sp³-hybridized carbons (Fsp3) is 0.562. The van der Waals surface area contributed by atoms with Crippen molar-refractivity contribution in [2.45, 2.75) is 32.9 Å². The molecule has 0 N–H and O–H groups in total. The van der Waals surface area contributed by atoms with E-state index in [9.17, 15) is 19.3 Å². The average molecular weight is 339 g/mol. The Balaban J connectivity index is 1.93. The van der Waals surface area contributed by atoms with Crippen molar-refractivity contribution in [3.8, 4) is 0 Å². The second-order valence-electron chi connectivity index (χ2n) is 6.75. The van der Waals surface area contributed by atoms with Gasteiger partial charge >= 0.3 is 11.8 Å². The van der Waals surface area contributed by atoms with Gasteiger partial charge in [0.15, 0.2) is 0 Å². The first-order chi connectivity index (χ1) is 11.2. The lowest BCUT2D eigenvalue weighted by molar-refractivity contribution is -0.387. The average Bonchev–Trinajstić information content (AvgIpc) is 2.48. The SMILES string of the molecule is CC(C)(C)OC(=O)N1CCN(Cc2cccc([N+](=O)[O-])c2F)CC1. The zero-order chi connectivity index (χ0) is 17.9. The van der Waals surface area contributed by atoms with E-state index in [0.717, 1.165) is 6.07 Å². The Morgan fingerprint density at radius 2 is 1.92 bits per heavy atom. The number of hydrogen-bond donors (Lipinski definition) is 0. The van der Waals surface area contributed by atoms with Crippen molar-refractivity contribution in [3.05, 3.63) is 39.7 Å². The lowest BCUT2D eigenvalue weighted by atomic mass is 10.1. The van der Waals surface area contributed by atoms with Crippen LogP contribution in [0.15, 0.2) is 18.2 Å². The smallest absolute Gasteiger partial charge is 0.410 e. The van der Waals surface area contributed by atoms with E-state index in [1.807, 2.05) is 25.7 Å². The number of nitro groups is 1. The summed E-state index contributed by atoms with van der Waals surface area (Å²) in [4.78, 5) is 25.6. The minimum absolute atomic E-state index is 0.273. The van der Waals surface area contributed by atoms with Gasteiger partial charge in [-0.3, -0.25) is 15.0 Å². The quantitative estimate of drug-likeness (QED) is 0.625. The Labute approximate surface area is 140 Å². The first kappa shape index (κ1) is 18.1. The first-order valence-corrected chi connectivity index (χ1v) is 7.79. The van der Waals surface area contributed by atoms with E-state index in [4.69, 9.17) is 4.74 Å². The van der Waals surface area contributed by atoms with Gasteiger partial charge in [-0.1, -0.05) is 12.1 Å². The van der Waals surface area contributed by atoms with Crippen LogP contribution in [0.25, 0.3) is 0 Å². The van der Waals surface area contributed by atoms with Crippen LogP contribution < -0.4 is 0 Å². The molecule has 2 rings (SSSR count). The number of halogens is 1. The molecule has 1 aromatic rings. The second-order valence-corrected chi connectivity index (χ2v) is 6.75. The van der Waals surface area contributed by atoms with E-state index in [-0.39, 0.29) is 18.2 Å². The van der Waals surface area contributed by atoms with E-state index < -0.39 is 22.0 Å². The Morgan fingerprint density at radius 1 is 1.29 bits per heavy atom. The predicted molar refractivity (Wildman–Crippen MR) is 86.1 cm³/mol. The molecule has 8 heteroatoms. The van der Waals surface area contributed by atoms with Gasteiger partial charge in [-0.2, -0.15) is 4.39 Å². The number of piperazine rings is 1. The predicted octanol–water partition coefficient (Wildman–Crippen LogP) is 2.79. The Hall–Kier alpha value is -2.22. The maximum absolute atomic E-state index is 14.1. The highest BCUT2D eigenvalue weighted by atomic mass is 19.1. The van der Waals surface area contributed by atoms with Crippen LogP contribution in [0.3, 0.4) is 0 Å². The molecular formula is C16H22FN3O4. The molecule has 0 radical (unpaired) electrons. The van der Waals surface area contributed by atoms with Crippen molar-refractivity contribution in [1.82, 2.24) is 9.80 Å². The van der Waals surface area contributed by atoms with Crippen LogP contribution in [0.4, 0.5) is 14.9 Å². The maximum Gasteiger partial charge on any atom is 0.410 e. The fourth-order valence-electron chi connectivity index (χ4n) is 2.49. The third-order valence-corrected chi connectivity index (χ3v) is 3.67. The van der Waals surface area contributed by atoms with Crippen molar-refractivity contribution in [1.29, 1.82) is 0 Å². The molecule has 0 unspecified atom stereocenters. The number of carbonyl (C=O) groups is 1. The molecule has 1 aromatic carbocycles. The molecule has 7 nitrogen and oxygen atoms in total. The van der Waals surface area contributed by atoms with Gasteiger partial charge in [0, 0.05) is 44.4 Å². The summed E-state index contributed by atoms with van der Waals surface area (Å²) in [5, 5.41) is 10.8. The van der Waals surface area contributed by atoms with Gasteiger partial charge in [-0.05, 0) is 20.8 Å². The minimum atomic E-state index is -0.794. The van der Waals surface area contributed by atoms with Crippen molar-refractivity contribution in [3.63, 3.8) is 0 Å². The Bertz CT molecular complexity index is 622. The molecule has 1 fully saturated rings. The molecule has 132 valence electrons. The van der Waals surface area contributed by atoms with E-state index >= 15 is 0 Å². The molecule has 1 aliphatic heterocycles. The number of rotatable bonds is 3. The topological polar surface area (TPSA) is 75.9 Å². The molecule has 1 amide bonds. The normalized spacial score (nSPS) is 16.1. The number of ether oxygens (including phenoxy) is 1. The van der Waals surface area contributed by atoms with Crippen LogP contribution in [0, 0.1) is 15.9 Å². The summed E-state index contributed by atoms with van der Waals surface area (Å²) in [6.45, 7) is 7.78. The molecule has 0 atom stereocenters. The van der Waals surface area contributed by atoms with Gasteiger partial charge in [-0.15, -0.1) is 0 Å². The molecule has 0 saturated carbocycles. The molecule has 0 aromatic heterocycles. The third-order valence-electron chi connectivity index (χ3n) is 3.67. The number of benzene rings is 1. The molecule has 1 heterocycles. The third kappa shape index (κ3) is 4.64. The van der Waals surface area contributed by atoms with Crippen molar-refractivity contribution < 1.29 is 18.8 Å². The van der Waals surface area contributed by atoms with Crippen LogP contribution in [0.2, 0.25) is 0 Å². The number of nitrogens with zero attached hydrogens (tertiary/aromatic N) is 3. The fourth-order valence-corrected chi connectivity index (χ4v) is 2.49. The van der Waals surface area contributed by atoms with Gasteiger partial charge < -0.3 is 9.64 Å². The van der Waals surface area contributed by atoms with E-state index in [0.29, 0.717) is 26.2 Å². The van der Waals surface area contributed by atoms with Gasteiger partial charge in [0.2, 0.25) is 5.82 Å². The summed E-state index contributed by atoms with van der Waals surface area (Å²) in [5.41, 5.74) is -0.768.